The number of hydrogen-bond acceptors (Lipinski definition) is 2. The molecule has 4 heteroatoms. The molecule has 0 spiro atoms. The van der Waals surface area contributed by atoms with E-state index in [2.05, 4.69) is 45.6 Å². The molecule has 1 unspecified atom stereocenters. The first-order valence-electron chi connectivity index (χ1n) is 6.43. The highest BCUT2D eigenvalue weighted by atomic mass is 79.9. The van der Waals surface area contributed by atoms with Crippen molar-refractivity contribution in [3.05, 3.63) is 33.8 Å². The Bertz CT molecular complexity index is 428. The Kier molecular flexibility index (Phi) is 4.78. The molecule has 1 atom stereocenters. The molecule has 1 aliphatic rings. The van der Waals surface area contributed by atoms with E-state index in [9.17, 15) is 4.79 Å². The van der Waals surface area contributed by atoms with Crippen LogP contribution in [0, 0.1) is 6.92 Å². The van der Waals surface area contributed by atoms with Crippen LogP contribution in [0.15, 0.2) is 22.7 Å². The van der Waals surface area contributed by atoms with Gasteiger partial charge in [0.05, 0.1) is 6.04 Å². The maximum Gasteiger partial charge on any atom is 0.237 e. The molecule has 0 bridgehead atoms. The molecule has 1 amide bonds. The molecule has 1 aliphatic heterocycles. The molecule has 1 fully saturated rings. The van der Waals surface area contributed by atoms with Gasteiger partial charge >= 0.3 is 0 Å². The minimum Gasteiger partial charge on any atom is -0.351 e. The molecule has 98 valence electrons. The maximum atomic E-state index is 12.0. The summed E-state index contributed by atoms with van der Waals surface area (Å²) in [6, 6.07) is 6.13. The summed E-state index contributed by atoms with van der Waals surface area (Å²) in [7, 11) is 0. The highest BCUT2D eigenvalue weighted by molar-refractivity contribution is 9.10. The van der Waals surface area contributed by atoms with Crippen molar-refractivity contribution in [3.8, 4) is 0 Å². The van der Waals surface area contributed by atoms with Crippen LogP contribution in [0.25, 0.3) is 0 Å². The van der Waals surface area contributed by atoms with E-state index in [1.54, 1.807) is 0 Å². The number of rotatable bonds is 3. The molecular weight excluding hydrogens is 292 g/mol. The number of amides is 1. The predicted octanol–water partition coefficient (Wildman–Crippen LogP) is 2.52. The fraction of sp³-hybridized carbons (Fsp3) is 0.500. The van der Waals surface area contributed by atoms with Crippen LogP contribution in [0.5, 0.6) is 0 Å². The van der Waals surface area contributed by atoms with Crippen molar-refractivity contribution in [1.29, 1.82) is 0 Å². The van der Waals surface area contributed by atoms with Gasteiger partial charge in [0, 0.05) is 11.0 Å². The van der Waals surface area contributed by atoms with E-state index in [4.69, 9.17) is 0 Å². The van der Waals surface area contributed by atoms with Crippen LogP contribution < -0.4 is 10.6 Å². The number of halogens is 1. The van der Waals surface area contributed by atoms with Crippen molar-refractivity contribution in [3.63, 3.8) is 0 Å². The third-order valence-corrected chi connectivity index (χ3v) is 3.88. The highest BCUT2D eigenvalue weighted by Gasteiger charge is 2.19. The molecule has 1 aromatic carbocycles. The van der Waals surface area contributed by atoms with Gasteiger partial charge in [-0.3, -0.25) is 4.79 Å². The number of hydrogen-bond donors (Lipinski definition) is 2. The fourth-order valence-corrected chi connectivity index (χ4v) is 2.62. The van der Waals surface area contributed by atoms with Gasteiger partial charge in [-0.1, -0.05) is 28.4 Å². The lowest BCUT2D eigenvalue weighted by Crippen LogP contribution is -2.46. The lowest BCUT2D eigenvalue weighted by atomic mass is 10.0. The van der Waals surface area contributed by atoms with Gasteiger partial charge in [0.2, 0.25) is 5.91 Å². The Labute approximate surface area is 116 Å². The van der Waals surface area contributed by atoms with Crippen LogP contribution in [0.4, 0.5) is 0 Å². The van der Waals surface area contributed by atoms with Gasteiger partial charge in [0.15, 0.2) is 0 Å². The smallest absolute Gasteiger partial charge is 0.237 e. The molecule has 2 rings (SSSR count). The first-order valence-corrected chi connectivity index (χ1v) is 7.22. The molecular formula is C14H19BrN2O. The second kappa shape index (κ2) is 6.34. The fourth-order valence-electron chi connectivity index (χ4n) is 2.21. The molecule has 0 radical (unpaired) electrons. The summed E-state index contributed by atoms with van der Waals surface area (Å²) >= 11 is 3.45. The summed E-state index contributed by atoms with van der Waals surface area (Å²) in [5, 5.41) is 6.27. The van der Waals surface area contributed by atoms with E-state index in [-0.39, 0.29) is 11.9 Å². The van der Waals surface area contributed by atoms with Crippen molar-refractivity contribution < 1.29 is 4.79 Å². The number of carbonyl (C=O) groups excluding carboxylic acids is 1. The lowest BCUT2D eigenvalue weighted by molar-refractivity contribution is -0.123. The van der Waals surface area contributed by atoms with Crippen LogP contribution >= 0.6 is 15.9 Å². The zero-order valence-electron chi connectivity index (χ0n) is 10.6. The molecule has 18 heavy (non-hydrogen) atoms. The van der Waals surface area contributed by atoms with E-state index in [0.29, 0.717) is 6.54 Å². The SMILES string of the molecule is Cc1ccc(Br)cc1CNC(=O)C1CCCCN1. The van der Waals surface area contributed by atoms with Crippen LogP contribution in [-0.2, 0) is 11.3 Å². The molecule has 0 aliphatic carbocycles. The van der Waals surface area contributed by atoms with Crippen LogP contribution in [0.3, 0.4) is 0 Å². The van der Waals surface area contributed by atoms with Crippen LogP contribution in [-0.4, -0.2) is 18.5 Å². The van der Waals surface area contributed by atoms with Crippen LogP contribution in [0.1, 0.15) is 30.4 Å². The monoisotopic (exact) mass is 310 g/mol. The average Bonchev–Trinajstić information content (AvgIpc) is 2.40. The largest absolute Gasteiger partial charge is 0.351 e. The average molecular weight is 311 g/mol. The highest BCUT2D eigenvalue weighted by Crippen LogP contribution is 2.16. The van der Waals surface area contributed by atoms with E-state index < -0.39 is 0 Å². The molecule has 3 nitrogen and oxygen atoms in total. The molecule has 1 aromatic rings. The number of aryl methyl sites for hydroxylation is 1. The standard InChI is InChI=1S/C14H19BrN2O/c1-10-5-6-12(15)8-11(10)9-17-14(18)13-4-2-3-7-16-13/h5-6,8,13,16H,2-4,7,9H2,1H3,(H,17,18). The van der Waals surface area contributed by atoms with Gasteiger partial charge < -0.3 is 10.6 Å². The third-order valence-electron chi connectivity index (χ3n) is 3.39. The molecule has 0 aromatic heterocycles. The van der Waals surface area contributed by atoms with E-state index in [1.807, 2.05) is 6.07 Å². The Morgan fingerprint density at radius 1 is 1.50 bits per heavy atom. The number of benzene rings is 1. The summed E-state index contributed by atoms with van der Waals surface area (Å²) in [6.07, 6.45) is 3.26. The van der Waals surface area contributed by atoms with Crippen molar-refractivity contribution in [2.75, 3.05) is 6.54 Å². The van der Waals surface area contributed by atoms with Gasteiger partial charge in [0.25, 0.3) is 0 Å². The first-order chi connectivity index (χ1) is 8.66. The minimum atomic E-state index is -0.00814. The third kappa shape index (κ3) is 3.56. The van der Waals surface area contributed by atoms with Crippen LogP contribution in [0.2, 0.25) is 0 Å². The van der Waals surface area contributed by atoms with E-state index in [1.165, 1.54) is 12.0 Å². The minimum absolute atomic E-state index is 0.00814. The molecule has 0 saturated carbocycles. The van der Waals surface area contributed by atoms with Crippen molar-refractivity contribution in [2.45, 2.75) is 38.8 Å². The second-order valence-electron chi connectivity index (χ2n) is 4.79. The van der Waals surface area contributed by atoms with Gasteiger partial charge in [0.1, 0.15) is 0 Å². The second-order valence-corrected chi connectivity index (χ2v) is 5.71. The topological polar surface area (TPSA) is 41.1 Å². The molecule has 1 heterocycles. The summed E-state index contributed by atoms with van der Waals surface area (Å²) in [5.41, 5.74) is 2.36. The summed E-state index contributed by atoms with van der Waals surface area (Å²) in [6.45, 7) is 3.61. The summed E-state index contributed by atoms with van der Waals surface area (Å²) in [4.78, 5) is 12.0. The lowest BCUT2D eigenvalue weighted by Gasteiger charge is -2.22. The Morgan fingerprint density at radius 3 is 3.06 bits per heavy atom. The van der Waals surface area contributed by atoms with Gasteiger partial charge in [-0.05, 0) is 49.6 Å². The quantitative estimate of drug-likeness (QED) is 0.900. The number of carbonyl (C=O) groups is 1. The predicted molar refractivity (Wildman–Crippen MR) is 76.4 cm³/mol. The number of piperidine rings is 1. The Balaban J connectivity index is 1.90. The Hall–Kier alpha value is -0.870. The van der Waals surface area contributed by atoms with Gasteiger partial charge in [-0.2, -0.15) is 0 Å². The molecule has 2 N–H and O–H groups in total. The first kappa shape index (κ1) is 13.6. The maximum absolute atomic E-state index is 12.0. The zero-order chi connectivity index (χ0) is 13.0. The van der Waals surface area contributed by atoms with E-state index in [0.717, 1.165) is 29.4 Å². The normalized spacial score (nSPS) is 19.6. The number of nitrogens with one attached hydrogen (secondary N) is 2. The zero-order valence-corrected chi connectivity index (χ0v) is 12.2. The van der Waals surface area contributed by atoms with Crippen molar-refractivity contribution in [1.82, 2.24) is 10.6 Å². The molecule has 1 saturated heterocycles. The summed E-state index contributed by atoms with van der Waals surface area (Å²) < 4.78 is 1.05. The Morgan fingerprint density at radius 2 is 2.33 bits per heavy atom. The van der Waals surface area contributed by atoms with Gasteiger partial charge in [-0.15, -0.1) is 0 Å². The van der Waals surface area contributed by atoms with E-state index >= 15 is 0 Å². The summed E-state index contributed by atoms with van der Waals surface area (Å²) in [5.74, 6) is 0.120. The van der Waals surface area contributed by atoms with Gasteiger partial charge in [-0.25, -0.2) is 0 Å². The van der Waals surface area contributed by atoms with Crippen molar-refractivity contribution in [2.24, 2.45) is 0 Å². The van der Waals surface area contributed by atoms with Crippen molar-refractivity contribution >= 4 is 21.8 Å².